The molecule has 2 aromatic heterocycles. The smallest absolute Gasteiger partial charge is 0.339 e. The molecule has 9 aromatic rings. The molecular formula is C86H103Br2Cl3F14N17O6PS. The van der Waals surface area contributed by atoms with Gasteiger partial charge in [0.15, 0.2) is 98.9 Å². The van der Waals surface area contributed by atoms with E-state index in [1.54, 1.807) is 99.1 Å². The predicted octanol–water partition coefficient (Wildman–Crippen LogP) is 22.2. The van der Waals surface area contributed by atoms with Gasteiger partial charge in [0.2, 0.25) is 5.91 Å². The van der Waals surface area contributed by atoms with Crippen molar-refractivity contribution < 1.29 is 90.3 Å². The molecule has 0 fully saturated rings. The van der Waals surface area contributed by atoms with Crippen LogP contribution in [0, 0.1) is 144 Å². The fraction of sp³-hybridized carbons (Fsp3) is 0.395. The molecule has 7 aromatic carbocycles. The van der Waals surface area contributed by atoms with E-state index in [9.17, 15) is 85.2 Å². The molecular weight excluding hydrogens is 1960 g/mol. The van der Waals surface area contributed by atoms with Crippen molar-refractivity contribution >= 4 is 157 Å². The first-order valence-electron chi connectivity index (χ1n) is 38.6. The van der Waals surface area contributed by atoms with Gasteiger partial charge in [-0.2, -0.15) is 5.10 Å². The zero-order valence-electron chi connectivity index (χ0n) is 74.3. The van der Waals surface area contributed by atoms with E-state index in [4.69, 9.17) is 40.3 Å². The lowest BCUT2D eigenvalue weighted by molar-refractivity contribution is -0.142. The van der Waals surface area contributed by atoms with Crippen LogP contribution in [0.1, 0.15) is 183 Å². The number of hydrogen-bond donors (Lipinski definition) is 11. The summed E-state index contributed by atoms with van der Waals surface area (Å²) in [5, 5.41) is 40.1. The lowest BCUT2D eigenvalue weighted by Crippen LogP contribution is -2.46. The molecule has 0 unspecified atom stereocenters. The maximum atomic E-state index is 14.3. The molecule has 1 amide bonds. The number of hydrogen-bond acceptors (Lipinski definition) is 20. The number of carboxylic acid groups (broad SMARTS) is 1. The Balaban J connectivity index is 0.000000310. The highest BCUT2D eigenvalue weighted by Gasteiger charge is 2.42. The number of thiocarbonyl (C=S) groups is 1. The van der Waals surface area contributed by atoms with Crippen LogP contribution in [0.3, 0.4) is 0 Å². The monoisotopic (exact) mass is 2060 g/mol. The molecule has 23 nitrogen and oxygen atoms in total. The minimum atomic E-state index is -3.22. The van der Waals surface area contributed by atoms with Gasteiger partial charge in [0.25, 0.3) is 0 Å². The molecule has 5 aliphatic rings. The van der Waals surface area contributed by atoms with Gasteiger partial charge in [0.1, 0.15) is 23.0 Å². The molecule has 0 spiro atoms. The highest BCUT2D eigenvalue weighted by molar-refractivity contribution is 9.11. The molecule has 0 aliphatic carbocycles. The van der Waals surface area contributed by atoms with Crippen molar-refractivity contribution in [3.63, 3.8) is 0 Å². The van der Waals surface area contributed by atoms with Gasteiger partial charge in [0, 0.05) is 42.8 Å². The van der Waals surface area contributed by atoms with Gasteiger partial charge in [-0.1, -0.05) is 19.6 Å². The van der Waals surface area contributed by atoms with Crippen molar-refractivity contribution in [2.24, 2.45) is 16.6 Å². The molecule has 712 valence electrons. The van der Waals surface area contributed by atoms with Gasteiger partial charge >= 0.3 is 11.2 Å². The first kappa shape index (κ1) is 113. The summed E-state index contributed by atoms with van der Waals surface area (Å²) in [4.78, 5) is 43.1. The Morgan fingerprint density at radius 1 is 0.508 bits per heavy atom. The van der Waals surface area contributed by atoms with Crippen LogP contribution in [0.25, 0.3) is 11.4 Å². The number of nitrogen functional groups attached to an aromatic ring is 2. The number of ketones is 2. The van der Waals surface area contributed by atoms with E-state index in [0.29, 0.717) is 97.7 Å². The van der Waals surface area contributed by atoms with E-state index in [0.717, 1.165) is 40.3 Å². The second kappa shape index (κ2) is 43.9. The first-order valence-corrected chi connectivity index (χ1v) is 45.0. The Kier molecular flexibility index (Phi) is 38.1. The first-order chi connectivity index (χ1) is 58.8. The number of amides is 1. The van der Waals surface area contributed by atoms with Crippen LogP contribution in [0.5, 0.6) is 0 Å². The number of fused-ring (bicyclic) bond motifs is 9. The summed E-state index contributed by atoms with van der Waals surface area (Å²) < 4.78 is 200. The molecule has 0 saturated carbocycles. The number of aliphatic carboxylic acids is 1. The molecule has 5 aliphatic heterocycles. The maximum Gasteiger partial charge on any atom is 0.339 e. The van der Waals surface area contributed by atoms with E-state index < -0.39 is 126 Å². The van der Waals surface area contributed by atoms with Crippen LogP contribution in [-0.4, -0.2) is 97.4 Å². The molecule has 14 rings (SSSR count). The van der Waals surface area contributed by atoms with Crippen molar-refractivity contribution in [3.8, 4) is 11.4 Å². The number of nitrogens with two attached hydrogens (primary N) is 4. The Morgan fingerprint density at radius 2 is 0.838 bits per heavy atom. The van der Waals surface area contributed by atoms with E-state index in [1.807, 2.05) is 41.5 Å². The number of carbonyl (C=O) groups is 4. The zero-order chi connectivity index (χ0) is 99.2. The third-order valence-electron chi connectivity index (χ3n) is 20.0. The normalized spacial score (nSPS) is 14.9. The molecule has 0 atom stereocenters. The number of nitrogens with one attached hydrogen (secondary N) is 6. The summed E-state index contributed by atoms with van der Waals surface area (Å²) in [6, 6.07) is 7.82. The fourth-order valence-electron chi connectivity index (χ4n) is 12.6. The number of aromatic nitrogens is 6. The largest absolute Gasteiger partial charge is 0.480 e. The fourth-order valence-corrected chi connectivity index (χ4v) is 13.6. The summed E-state index contributed by atoms with van der Waals surface area (Å²) in [6.45, 7) is 39.4. The summed E-state index contributed by atoms with van der Waals surface area (Å²) in [7, 11) is 0. The Labute approximate surface area is 780 Å². The predicted molar refractivity (Wildman–Crippen MR) is 495 cm³/mol. The number of carbonyl (C=O) groups excluding carboxylic acids is 3. The summed E-state index contributed by atoms with van der Waals surface area (Å²) >= 11 is 25.1. The van der Waals surface area contributed by atoms with Crippen LogP contribution < -0.4 is 54.9 Å². The number of aryl methyl sites for hydroxylation is 8. The van der Waals surface area contributed by atoms with Gasteiger partial charge in [-0.25, -0.2) is 66.9 Å². The number of rotatable bonds is 3. The molecule has 130 heavy (non-hydrogen) atoms. The SMILES string of the molecule is C.CC(=O)CN.CC(=O)N/N=C1\Cc2c(C)cc(F)c(F)c2NC1(C)C.CC(C)(N)C(=O)O.Cc1c(Br)c(F)c(F)c2c1-n1c(C)nnc1C(C)(C)N2.Cc1cc(F)c(F)c(Br)c1N.Cc1cc(F)c(F)c2c1-n1c(C)nnc1C(C)(C)N2.Cc1cc(F)c(F)c2c1CC(=O)C(C)(C)N2.Cc1cc(F)c(F)c2c1CC(=S)C(C)(C)N2.Cc1cc(F)c(F)cc1N.O=P(Cl)(Cl)Cl. The summed E-state index contributed by atoms with van der Waals surface area (Å²) in [6.07, 6.45) is 1.03. The number of halogens is 19. The maximum absolute atomic E-state index is 14.3. The van der Waals surface area contributed by atoms with E-state index >= 15 is 0 Å². The number of benzene rings is 7. The van der Waals surface area contributed by atoms with Crippen LogP contribution in [-0.2, 0) is 54.1 Å². The van der Waals surface area contributed by atoms with Gasteiger partial charge in [-0.3, -0.25) is 32.9 Å². The van der Waals surface area contributed by atoms with Gasteiger partial charge in [-0.15, -0.1) is 20.4 Å². The average Bonchev–Trinajstić information content (AvgIpc) is 1.44. The van der Waals surface area contributed by atoms with Crippen LogP contribution in [0.4, 0.5) is 101 Å². The molecule has 15 N–H and O–H groups in total. The standard InChI is InChI=1S/C14H17F2N3O.C13H13BrF2N4.C13H14F2N4.C12H13F2NO.C12H13F2NS.C7H6BrF2N.C7H7F2N.C4H9NO2.C3H7NO.CH4.Cl3OP/c1-7-5-10(15)12(16)13-9(7)6-11(14(3,4)17-13)19-18-8(2)20;1-5-7(14)8(15)9(16)10-11(5)20-6(2)18-19-12(20)13(3,4)17-10;1-6-5-8(14)9(15)10-11(6)19-7(2)17-18-12(19)13(3,4)16-10;2*1-6-4-8(13)10(14)11-7(6)5-9(16)12(2,3)15-11;1-3-2-4(9)6(10)5(8)7(3)11;1-4-2-5(8)6(9)3-7(4)10;1-4(2,5)3(6)7;1-3(5)2-4;;1-5(2,3)4/h5,17H,6H2,1-4H3,(H,18,20);17H,1-4H3;5,16H,1-4H3;2*4,15H,5H2,1-3H3;2H,11H2,1H3;2-3H,10H2,1H3;5H2,1-2H3,(H,6,7);2,4H2,1H3;1H4;/b19-11+;;;;;;;;;;. The summed E-state index contributed by atoms with van der Waals surface area (Å²) in [5.41, 5.74) is 28.1. The number of anilines is 7. The molecule has 0 saturated heterocycles. The molecule has 0 radical (unpaired) electrons. The number of hydrazone groups is 1. The Bertz CT molecular complexity index is 5780. The number of Topliss-reactive ketones (excluding diaryl/α,β-unsaturated/α-hetero) is 2. The molecule has 0 bridgehead atoms. The van der Waals surface area contributed by atoms with Crippen molar-refractivity contribution in [1.82, 2.24) is 35.0 Å². The Hall–Kier alpha value is -9.54. The van der Waals surface area contributed by atoms with Crippen LogP contribution >= 0.6 is 83.0 Å². The van der Waals surface area contributed by atoms with Crippen LogP contribution in [0.2, 0.25) is 0 Å². The minimum absolute atomic E-state index is 0. The Morgan fingerprint density at radius 3 is 1.24 bits per heavy atom. The van der Waals surface area contributed by atoms with Crippen molar-refractivity contribution in [3.05, 3.63) is 212 Å². The van der Waals surface area contributed by atoms with Gasteiger partial charge in [0.05, 0.1) is 94.4 Å². The van der Waals surface area contributed by atoms with Crippen molar-refractivity contribution in [2.75, 3.05) is 44.6 Å². The third-order valence-corrected chi connectivity index (χ3v) is 22.4. The minimum Gasteiger partial charge on any atom is -0.480 e. The summed E-state index contributed by atoms with van der Waals surface area (Å²) in [5.74, 6) is -10.8. The third kappa shape index (κ3) is 27.3. The van der Waals surface area contributed by atoms with Crippen molar-refractivity contribution in [1.29, 1.82) is 0 Å². The van der Waals surface area contributed by atoms with Gasteiger partial charge in [-0.05, 0) is 310 Å². The molecule has 7 heterocycles. The molecule has 44 heteroatoms. The van der Waals surface area contributed by atoms with Gasteiger partial charge < -0.3 is 54.6 Å². The number of carboxylic acids is 1. The highest BCUT2D eigenvalue weighted by atomic mass is 79.9. The second-order valence-electron chi connectivity index (χ2n) is 33.4. The van der Waals surface area contributed by atoms with E-state index in [2.05, 4.69) is 123 Å². The second-order valence-corrected chi connectivity index (χ2v) is 42.1. The van der Waals surface area contributed by atoms with Crippen LogP contribution in [0.15, 0.2) is 56.5 Å². The zero-order valence-corrected chi connectivity index (χ0v) is 81.5. The quantitative estimate of drug-likeness (QED) is 0.0195. The van der Waals surface area contributed by atoms with E-state index in [1.165, 1.54) is 45.9 Å². The lowest BCUT2D eigenvalue weighted by Gasteiger charge is -2.36. The lowest BCUT2D eigenvalue weighted by atomic mass is 9.85. The highest BCUT2D eigenvalue weighted by Crippen LogP contribution is 2.61. The topological polar surface area (TPSA) is 356 Å². The van der Waals surface area contributed by atoms with Crippen molar-refractivity contribution in [2.45, 2.75) is 219 Å². The van der Waals surface area contributed by atoms with E-state index in [-0.39, 0.29) is 86.6 Å². The average molecular weight is 2070 g/mol. The number of nitrogens with zero attached hydrogens (tertiary/aromatic N) is 7.